The molecule has 0 spiro atoms. The predicted molar refractivity (Wildman–Crippen MR) is 167 cm³/mol. The lowest BCUT2D eigenvalue weighted by atomic mass is 10.1. The van der Waals surface area contributed by atoms with Crippen molar-refractivity contribution >= 4 is 34.5 Å². The summed E-state index contributed by atoms with van der Waals surface area (Å²) in [6, 6.07) is 11.2. The lowest BCUT2D eigenvalue weighted by Gasteiger charge is -2.26. The minimum Gasteiger partial charge on any atom is -0.337 e. The molecule has 0 aliphatic carbocycles. The van der Waals surface area contributed by atoms with Gasteiger partial charge in [0.25, 0.3) is 5.91 Å². The van der Waals surface area contributed by atoms with Gasteiger partial charge in [-0.05, 0) is 107 Å². The number of piperidine rings is 1. The van der Waals surface area contributed by atoms with Crippen molar-refractivity contribution < 1.29 is 9.59 Å². The van der Waals surface area contributed by atoms with Gasteiger partial charge in [-0.15, -0.1) is 0 Å². The number of amides is 1. The Balaban J connectivity index is 1.62. The van der Waals surface area contributed by atoms with Gasteiger partial charge in [-0.2, -0.15) is 0 Å². The lowest BCUT2D eigenvalue weighted by Crippen LogP contribution is -2.34. The highest BCUT2D eigenvalue weighted by molar-refractivity contribution is 5.95. The topological polar surface area (TPSA) is 83.4 Å². The number of nitrogens with one attached hydrogen (secondary N) is 1. The largest absolute Gasteiger partial charge is 0.337 e. The first-order valence-electron chi connectivity index (χ1n) is 15.5. The number of ketones is 1. The normalized spacial score (nSPS) is 14.2. The van der Waals surface area contributed by atoms with Crippen molar-refractivity contribution in [1.29, 1.82) is 0 Å². The first-order valence-corrected chi connectivity index (χ1v) is 15.5. The van der Waals surface area contributed by atoms with Crippen LogP contribution in [-0.2, 0) is 6.54 Å². The molecule has 3 heterocycles. The number of fused-ring (bicyclic) bond motifs is 1. The van der Waals surface area contributed by atoms with Gasteiger partial charge in [0.05, 0.1) is 0 Å². The Labute approximate surface area is 245 Å². The molecule has 0 radical (unpaired) electrons. The number of carbonyl (C=O) groups excluding carboxylic acids is 2. The van der Waals surface area contributed by atoms with Gasteiger partial charge < -0.3 is 15.1 Å². The Bertz CT molecular complexity index is 1280. The fourth-order valence-electron chi connectivity index (χ4n) is 5.29. The molecule has 8 nitrogen and oxygen atoms in total. The third-order valence-electron chi connectivity index (χ3n) is 7.90. The molecule has 1 aliphatic rings. The number of aryl methyl sites for hydroxylation is 1. The molecule has 1 aromatic carbocycles. The van der Waals surface area contributed by atoms with Crippen molar-refractivity contribution in [1.82, 2.24) is 24.3 Å². The molecule has 1 aliphatic heterocycles. The van der Waals surface area contributed by atoms with E-state index in [4.69, 9.17) is 9.97 Å². The third kappa shape index (κ3) is 8.62. The maximum absolute atomic E-state index is 13.7. The second-order valence-corrected chi connectivity index (χ2v) is 12.3. The van der Waals surface area contributed by atoms with Crippen LogP contribution in [-0.4, -0.2) is 68.7 Å². The fraction of sp³-hybridized carbons (Fsp3) is 0.576. The summed E-state index contributed by atoms with van der Waals surface area (Å²) < 4.78 is 2.11. The Morgan fingerprint density at radius 1 is 0.878 bits per heavy atom. The zero-order chi connectivity index (χ0) is 29.4. The number of carbonyl (C=O) groups is 2. The fourth-order valence-corrected chi connectivity index (χ4v) is 5.29. The summed E-state index contributed by atoms with van der Waals surface area (Å²) in [4.78, 5) is 39.8. The van der Waals surface area contributed by atoms with Gasteiger partial charge in [-0.3, -0.25) is 14.2 Å². The molecule has 0 saturated carbocycles. The first kappa shape index (κ1) is 30.7. The van der Waals surface area contributed by atoms with Gasteiger partial charge in [0.1, 0.15) is 11.2 Å². The van der Waals surface area contributed by atoms with Crippen molar-refractivity contribution in [2.45, 2.75) is 79.7 Å². The molecule has 222 valence electrons. The van der Waals surface area contributed by atoms with Crippen LogP contribution in [0.1, 0.15) is 94.0 Å². The van der Waals surface area contributed by atoms with Crippen molar-refractivity contribution in [3.8, 4) is 0 Å². The van der Waals surface area contributed by atoms with Crippen LogP contribution in [0, 0.1) is 11.8 Å². The molecule has 0 bridgehead atoms. The third-order valence-corrected chi connectivity index (χ3v) is 7.90. The zero-order valence-electron chi connectivity index (χ0n) is 25.7. The number of likely N-dealkylation sites (tertiary alicyclic amines) is 1. The summed E-state index contributed by atoms with van der Waals surface area (Å²) >= 11 is 0. The van der Waals surface area contributed by atoms with E-state index in [-0.39, 0.29) is 11.7 Å². The summed E-state index contributed by atoms with van der Waals surface area (Å²) in [5.74, 6) is 1.78. The van der Waals surface area contributed by atoms with E-state index in [1.54, 1.807) is 6.92 Å². The summed E-state index contributed by atoms with van der Waals surface area (Å²) in [6.07, 6.45) is 6.78. The number of nitrogens with zero attached hydrogens (tertiary/aromatic N) is 5. The van der Waals surface area contributed by atoms with E-state index in [9.17, 15) is 9.59 Å². The van der Waals surface area contributed by atoms with Crippen LogP contribution in [0.4, 0.5) is 11.6 Å². The van der Waals surface area contributed by atoms with Crippen LogP contribution in [0.5, 0.6) is 0 Å². The van der Waals surface area contributed by atoms with E-state index in [1.165, 1.54) is 19.3 Å². The average molecular weight is 561 g/mol. The standard InChI is InChI=1S/C33H48N6O2/c1-24(2)16-22-38(23-17-25(3)4)32(41)30-15-14-29-31(35-30)39(21-9-20-37-18-7-6-8-19-37)33(36-29)34-28-12-10-27(11-13-28)26(5)40/h10-15,24-25H,6-9,16-23H2,1-5H3,(H,34,36). The van der Waals surface area contributed by atoms with Crippen LogP contribution in [0.3, 0.4) is 0 Å². The Morgan fingerprint density at radius 2 is 1.54 bits per heavy atom. The van der Waals surface area contributed by atoms with Gasteiger partial charge in [0, 0.05) is 30.9 Å². The van der Waals surface area contributed by atoms with Gasteiger partial charge in [0.15, 0.2) is 11.4 Å². The van der Waals surface area contributed by atoms with Crippen LogP contribution in [0.2, 0.25) is 0 Å². The molecule has 41 heavy (non-hydrogen) atoms. The van der Waals surface area contributed by atoms with E-state index >= 15 is 0 Å². The van der Waals surface area contributed by atoms with E-state index in [0.717, 1.165) is 75.4 Å². The van der Waals surface area contributed by atoms with Crippen molar-refractivity contribution in [3.05, 3.63) is 47.7 Å². The van der Waals surface area contributed by atoms with Crippen molar-refractivity contribution in [3.63, 3.8) is 0 Å². The summed E-state index contributed by atoms with van der Waals surface area (Å²) in [6.45, 7) is 15.9. The second kappa shape index (κ2) is 14.6. The molecule has 1 N–H and O–H groups in total. The molecule has 0 unspecified atom stereocenters. The maximum Gasteiger partial charge on any atom is 0.272 e. The molecule has 1 saturated heterocycles. The van der Waals surface area contributed by atoms with Gasteiger partial charge in [-0.1, -0.05) is 34.1 Å². The van der Waals surface area contributed by atoms with Crippen LogP contribution < -0.4 is 5.32 Å². The van der Waals surface area contributed by atoms with Gasteiger partial charge >= 0.3 is 0 Å². The number of anilines is 2. The van der Waals surface area contributed by atoms with E-state index in [0.29, 0.717) is 29.0 Å². The number of hydrogen-bond donors (Lipinski definition) is 1. The molecular weight excluding hydrogens is 512 g/mol. The maximum atomic E-state index is 13.7. The number of rotatable bonds is 14. The van der Waals surface area contributed by atoms with E-state index in [2.05, 4.69) is 42.5 Å². The molecule has 1 amide bonds. The van der Waals surface area contributed by atoms with Gasteiger partial charge in [-0.25, -0.2) is 9.97 Å². The van der Waals surface area contributed by atoms with Crippen molar-refractivity contribution in [2.75, 3.05) is 38.0 Å². The quantitative estimate of drug-likeness (QED) is 0.219. The number of imidazole rings is 1. The number of Topliss-reactive ketones (excluding diaryl/α,β-unsaturated/α-hetero) is 1. The summed E-state index contributed by atoms with van der Waals surface area (Å²) in [7, 11) is 0. The molecule has 3 aromatic rings. The smallest absolute Gasteiger partial charge is 0.272 e. The monoisotopic (exact) mass is 560 g/mol. The minimum atomic E-state index is -0.0106. The van der Waals surface area contributed by atoms with Crippen LogP contribution >= 0.6 is 0 Å². The number of benzene rings is 1. The predicted octanol–water partition coefficient (Wildman–Crippen LogP) is 6.79. The van der Waals surface area contributed by atoms with E-state index < -0.39 is 0 Å². The minimum absolute atomic E-state index is 0.0106. The zero-order valence-corrected chi connectivity index (χ0v) is 25.7. The molecule has 8 heteroatoms. The SMILES string of the molecule is CC(=O)c1ccc(Nc2nc3ccc(C(=O)N(CCC(C)C)CCC(C)C)nc3n2CCCN2CCCCC2)cc1. The summed E-state index contributed by atoms with van der Waals surface area (Å²) in [5, 5.41) is 3.45. The average Bonchev–Trinajstić information content (AvgIpc) is 3.29. The Kier molecular flexibility index (Phi) is 10.9. The highest BCUT2D eigenvalue weighted by Gasteiger charge is 2.21. The highest BCUT2D eigenvalue weighted by atomic mass is 16.2. The van der Waals surface area contributed by atoms with Gasteiger partial charge in [0.2, 0.25) is 5.95 Å². The summed E-state index contributed by atoms with van der Waals surface area (Å²) in [5.41, 5.74) is 3.49. The lowest BCUT2D eigenvalue weighted by molar-refractivity contribution is 0.0735. The Hall–Kier alpha value is -3.26. The van der Waals surface area contributed by atoms with E-state index in [1.807, 2.05) is 41.3 Å². The molecule has 2 aromatic heterocycles. The number of pyridine rings is 1. The molecule has 4 rings (SSSR count). The number of aromatic nitrogens is 3. The van der Waals surface area contributed by atoms with Crippen LogP contribution in [0.25, 0.3) is 11.2 Å². The first-order chi connectivity index (χ1) is 19.7. The molecular formula is C33H48N6O2. The molecule has 1 fully saturated rings. The molecule has 0 atom stereocenters. The highest BCUT2D eigenvalue weighted by Crippen LogP contribution is 2.24. The second-order valence-electron chi connectivity index (χ2n) is 12.3. The Morgan fingerprint density at radius 3 is 2.15 bits per heavy atom. The van der Waals surface area contributed by atoms with Crippen LogP contribution in [0.15, 0.2) is 36.4 Å². The van der Waals surface area contributed by atoms with Crippen molar-refractivity contribution in [2.24, 2.45) is 11.8 Å². The number of hydrogen-bond acceptors (Lipinski definition) is 6.